The van der Waals surface area contributed by atoms with Crippen molar-refractivity contribution in [1.82, 2.24) is 0 Å². The fourth-order valence-electron chi connectivity index (χ4n) is 1.82. The zero-order valence-electron chi connectivity index (χ0n) is 11.4. The van der Waals surface area contributed by atoms with Crippen molar-refractivity contribution in [2.75, 3.05) is 0 Å². The predicted molar refractivity (Wildman–Crippen MR) is 69.7 cm³/mol. The molecule has 0 saturated heterocycles. The van der Waals surface area contributed by atoms with Gasteiger partial charge in [0.1, 0.15) is 0 Å². The number of allylic oxidation sites excluding steroid dienone is 2. The van der Waals surface area contributed by atoms with Gasteiger partial charge in [0.2, 0.25) is 0 Å². The molecule has 0 aliphatic carbocycles. The second-order valence-corrected chi connectivity index (χ2v) is 4.20. The molecule has 0 unspecified atom stereocenters. The highest BCUT2D eigenvalue weighted by molar-refractivity contribution is 5.99. The van der Waals surface area contributed by atoms with E-state index in [1.54, 1.807) is 6.92 Å². The van der Waals surface area contributed by atoms with Crippen LogP contribution in [0, 0.1) is 11.8 Å². The fourth-order valence-corrected chi connectivity index (χ4v) is 1.82. The average Bonchev–Trinajstić information content (AvgIpc) is 2.31. The first-order chi connectivity index (χ1) is 9.64. The highest BCUT2D eigenvalue weighted by Gasteiger charge is 2.36. The van der Waals surface area contributed by atoms with Gasteiger partial charge in [-0.05, 0) is 31.4 Å². The molecule has 0 aromatic rings. The summed E-state index contributed by atoms with van der Waals surface area (Å²) in [4.78, 5) is 44.1. The number of aliphatic carboxylic acids is 4. The molecule has 0 heterocycles. The monoisotopic (exact) mass is 300 g/mol. The SMILES string of the molecule is CC=CCC(=C(C)C(C(=O)O)C(=O)O)C(C(=O)O)C(=O)O. The van der Waals surface area contributed by atoms with Crippen LogP contribution in [0.5, 0.6) is 0 Å². The zero-order valence-corrected chi connectivity index (χ0v) is 11.4. The van der Waals surface area contributed by atoms with Gasteiger partial charge in [-0.1, -0.05) is 12.2 Å². The molecule has 0 aromatic heterocycles. The van der Waals surface area contributed by atoms with Crippen LogP contribution in [-0.2, 0) is 19.2 Å². The van der Waals surface area contributed by atoms with Crippen molar-refractivity contribution in [3.05, 3.63) is 23.3 Å². The van der Waals surface area contributed by atoms with Crippen molar-refractivity contribution in [1.29, 1.82) is 0 Å². The van der Waals surface area contributed by atoms with Crippen molar-refractivity contribution in [2.45, 2.75) is 20.3 Å². The molecule has 0 bridgehead atoms. The van der Waals surface area contributed by atoms with Gasteiger partial charge >= 0.3 is 23.9 Å². The van der Waals surface area contributed by atoms with Crippen molar-refractivity contribution in [3.63, 3.8) is 0 Å². The average molecular weight is 300 g/mol. The zero-order chi connectivity index (χ0) is 16.7. The molecule has 0 radical (unpaired) electrons. The van der Waals surface area contributed by atoms with Gasteiger partial charge in [-0.15, -0.1) is 0 Å². The van der Waals surface area contributed by atoms with Crippen LogP contribution in [0.2, 0.25) is 0 Å². The highest BCUT2D eigenvalue weighted by atomic mass is 16.4. The maximum absolute atomic E-state index is 11.1. The summed E-state index contributed by atoms with van der Waals surface area (Å²) < 4.78 is 0. The summed E-state index contributed by atoms with van der Waals surface area (Å²) in [6.07, 6.45) is 2.78. The van der Waals surface area contributed by atoms with Gasteiger partial charge in [0, 0.05) is 0 Å². The van der Waals surface area contributed by atoms with Crippen molar-refractivity contribution in [2.24, 2.45) is 11.8 Å². The predicted octanol–water partition coefficient (Wildman–Crippen LogP) is 0.840. The number of rotatable bonds is 8. The Balaban J connectivity index is 6.13. The third-order valence-electron chi connectivity index (χ3n) is 2.85. The standard InChI is InChI=1S/C13H16O8/c1-3-4-5-7(9(12(18)19)13(20)21)6(2)8(10(14)15)11(16)17/h3-4,8-9H,5H2,1-2H3,(H,14,15)(H,16,17)(H,18,19)(H,20,21). The van der Waals surface area contributed by atoms with Crippen LogP contribution in [0.3, 0.4) is 0 Å². The van der Waals surface area contributed by atoms with E-state index in [0.717, 1.165) is 6.92 Å². The molecular formula is C13H16O8. The smallest absolute Gasteiger partial charge is 0.322 e. The van der Waals surface area contributed by atoms with E-state index in [9.17, 15) is 19.2 Å². The molecule has 8 nitrogen and oxygen atoms in total. The van der Waals surface area contributed by atoms with Gasteiger partial charge in [0.05, 0.1) is 0 Å². The molecule has 0 aromatic carbocycles. The van der Waals surface area contributed by atoms with Crippen LogP contribution < -0.4 is 0 Å². The molecule has 0 spiro atoms. The van der Waals surface area contributed by atoms with Crippen molar-refractivity contribution >= 4 is 23.9 Å². The third-order valence-corrected chi connectivity index (χ3v) is 2.85. The summed E-state index contributed by atoms with van der Waals surface area (Å²) in [6.45, 7) is 2.72. The lowest BCUT2D eigenvalue weighted by Crippen LogP contribution is -2.31. The third kappa shape index (κ3) is 4.75. The summed E-state index contributed by atoms with van der Waals surface area (Å²) in [6, 6.07) is 0. The number of hydrogen-bond donors (Lipinski definition) is 4. The summed E-state index contributed by atoms with van der Waals surface area (Å²) in [5.74, 6) is -10.7. The number of carbonyl (C=O) groups is 4. The van der Waals surface area contributed by atoms with Gasteiger partial charge < -0.3 is 20.4 Å². The molecule has 0 fully saturated rings. The van der Waals surface area contributed by atoms with E-state index in [0.29, 0.717) is 0 Å². The topological polar surface area (TPSA) is 149 Å². The molecule has 0 aliphatic heterocycles. The molecule has 8 heteroatoms. The molecule has 0 saturated carbocycles. The number of carboxylic acids is 4. The van der Waals surface area contributed by atoms with Gasteiger partial charge in [-0.25, -0.2) is 0 Å². The van der Waals surface area contributed by atoms with Crippen molar-refractivity contribution < 1.29 is 39.6 Å². The van der Waals surface area contributed by atoms with Crippen LogP contribution in [0.1, 0.15) is 20.3 Å². The van der Waals surface area contributed by atoms with E-state index in [4.69, 9.17) is 20.4 Å². The maximum Gasteiger partial charge on any atom is 0.322 e. The van der Waals surface area contributed by atoms with E-state index in [-0.39, 0.29) is 17.6 Å². The Morgan fingerprint density at radius 2 is 1.24 bits per heavy atom. The fraction of sp³-hybridized carbons (Fsp3) is 0.385. The maximum atomic E-state index is 11.1. The molecule has 116 valence electrons. The minimum atomic E-state index is -2.00. The Labute approximate surface area is 120 Å². The van der Waals surface area contributed by atoms with Gasteiger partial charge in [0.25, 0.3) is 0 Å². The quantitative estimate of drug-likeness (QED) is 0.380. The summed E-state index contributed by atoms with van der Waals surface area (Å²) in [7, 11) is 0. The van der Waals surface area contributed by atoms with Crippen LogP contribution in [0.15, 0.2) is 23.3 Å². The molecule has 0 atom stereocenters. The Bertz CT molecular complexity index is 486. The summed E-state index contributed by atoms with van der Waals surface area (Å²) in [5.41, 5.74) is -0.564. The Kier molecular flexibility index (Phi) is 6.85. The van der Waals surface area contributed by atoms with E-state index >= 15 is 0 Å². The Morgan fingerprint density at radius 3 is 1.52 bits per heavy atom. The normalized spacial score (nSPS) is 12.6. The van der Waals surface area contributed by atoms with Gasteiger partial charge in [-0.3, -0.25) is 19.2 Å². The number of hydrogen-bond acceptors (Lipinski definition) is 4. The molecular weight excluding hydrogens is 284 g/mol. The summed E-state index contributed by atoms with van der Waals surface area (Å²) in [5, 5.41) is 35.8. The largest absolute Gasteiger partial charge is 0.480 e. The second kappa shape index (κ2) is 7.83. The van der Waals surface area contributed by atoms with E-state index in [2.05, 4.69) is 0 Å². The summed E-state index contributed by atoms with van der Waals surface area (Å²) >= 11 is 0. The first-order valence-corrected chi connectivity index (χ1v) is 5.87. The molecule has 0 rings (SSSR count). The molecule has 21 heavy (non-hydrogen) atoms. The van der Waals surface area contributed by atoms with E-state index in [1.807, 2.05) is 0 Å². The van der Waals surface area contributed by atoms with Gasteiger partial charge in [-0.2, -0.15) is 0 Å². The number of carboxylic acid groups (broad SMARTS) is 4. The van der Waals surface area contributed by atoms with Crippen LogP contribution in [0.4, 0.5) is 0 Å². The minimum Gasteiger partial charge on any atom is -0.480 e. The Hall–Kier alpha value is -2.64. The first-order valence-electron chi connectivity index (χ1n) is 5.87. The van der Waals surface area contributed by atoms with E-state index in [1.165, 1.54) is 12.2 Å². The lowest BCUT2D eigenvalue weighted by atomic mass is 9.86. The first kappa shape index (κ1) is 18.4. The van der Waals surface area contributed by atoms with Crippen LogP contribution >= 0.6 is 0 Å². The highest BCUT2D eigenvalue weighted by Crippen LogP contribution is 2.26. The van der Waals surface area contributed by atoms with Gasteiger partial charge in [0.15, 0.2) is 11.8 Å². The second-order valence-electron chi connectivity index (χ2n) is 4.20. The molecule has 0 aliphatic rings. The molecule has 0 amide bonds. The Morgan fingerprint density at radius 1 is 0.857 bits per heavy atom. The van der Waals surface area contributed by atoms with E-state index < -0.39 is 35.7 Å². The lowest BCUT2D eigenvalue weighted by Gasteiger charge is -2.18. The van der Waals surface area contributed by atoms with Crippen LogP contribution in [0.25, 0.3) is 0 Å². The lowest BCUT2D eigenvalue weighted by molar-refractivity contribution is -0.155. The van der Waals surface area contributed by atoms with Crippen molar-refractivity contribution in [3.8, 4) is 0 Å². The van der Waals surface area contributed by atoms with Crippen LogP contribution in [-0.4, -0.2) is 44.3 Å². The minimum absolute atomic E-state index is 0.164. The molecule has 4 N–H and O–H groups in total.